The third-order valence-corrected chi connectivity index (χ3v) is 2.01. The zero-order valence-electron chi connectivity index (χ0n) is 10.6. The van der Waals surface area contributed by atoms with Crippen molar-refractivity contribution < 1.29 is 5.11 Å². The minimum Gasteiger partial charge on any atom is -0.442 e. The van der Waals surface area contributed by atoms with Crippen LogP contribution in [-0.4, -0.2) is 18.2 Å². The Labute approximate surface area is 99.0 Å². The average Bonchev–Trinajstić information content (AvgIpc) is 2.38. The topological polar surface area (TPSA) is 34.9 Å². The average molecular weight is 222 g/mol. The maximum absolute atomic E-state index is 7.18. The highest BCUT2D eigenvalue weighted by atomic mass is 16.3. The molecule has 0 aliphatic heterocycles. The molecule has 1 aromatic rings. The number of benzene rings is 1. The minimum absolute atomic E-state index is 0.362. The van der Waals surface area contributed by atoms with Crippen molar-refractivity contribution >= 4 is 6.08 Å². The molecule has 0 amide bonds. The molecule has 3 N–H and O–H groups in total. The van der Waals surface area contributed by atoms with Crippen molar-refractivity contribution in [1.29, 1.82) is 0 Å². The monoisotopic (exact) mass is 222 g/mol. The molecule has 0 aliphatic carbocycles. The summed E-state index contributed by atoms with van der Waals surface area (Å²) in [6.07, 6.45) is 4.20. The van der Waals surface area contributed by atoms with Gasteiger partial charge in [-0.15, -0.1) is 0 Å². The summed E-state index contributed by atoms with van der Waals surface area (Å²) in [6.45, 7) is 8.37. The maximum Gasteiger partial charge on any atom is 0.169 e. The molecule has 0 spiro atoms. The van der Waals surface area contributed by atoms with Gasteiger partial charge in [-0.3, -0.25) is 0 Å². The first-order valence-electron chi connectivity index (χ1n) is 5.97. The molecular weight excluding hydrogens is 198 g/mol. The lowest BCUT2D eigenvalue weighted by atomic mass is 10.1. The Morgan fingerprint density at radius 2 is 1.81 bits per heavy atom. The molecule has 0 saturated carbocycles. The van der Waals surface area contributed by atoms with Crippen molar-refractivity contribution in [2.45, 2.75) is 27.4 Å². The van der Waals surface area contributed by atoms with E-state index in [2.05, 4.69) is 24.4 Å². The van der Waals surface area contributed by atoms with E-state index in [1.165, 1.54) is 5.56 Å². The fourth-order valence-corrected chi connectivity index (χ4v) is 1.17. The van der Waals surface area contributed by atoms with Gasteiger partial charge in [0.2, 0.25) is 0 Å². The molecule has 0 saturated heterocycles. The van der Waals surface area contributed by atoms with Gasteiger partial charge in [0.25, 0.3) is 0 Å². The normalized spacial score (nSPS) is 10.0. The Balaban J connectivity index is 0.00000106. The van der Waals surface area contributed by atoms with Gasteiger partial charge in [-0.2, -0.15) is 0 Å². The van der Waals surface area contributed by atoms with Gasteiger partial charge in [-0.1, -0.05) is 57.2 Å². The molecule has 1 rings (SSSR count). The van der Waals surface area contributed by atoms with Gasteiger partial charge in [0.15, 0.2) is 6.61 Å². The number of likely N-dealkylation sites (N-methyl/N-ethyl adjacent to an activating group) is 1. The number of rotatable bonds is 5. The molecule has 0 heterocycles. The molecule has 1 aromatic carbocycles. The van der Waals surface area contributed by atoms with E-state index in [1.807, 2.05) is 38.1 Å². The summed E-state index contributed by atoms with van der Waals surface area (Å²) in [5.74, 6) is 0. The van der Waals surface area contributed by atoms with Crippen LogP contribution in [0.1, 0.15) is 31.9 Å². The summed E-state index contributed by atoms with van der Waals surface area (Å²) >= 11 is 0. The van der Waals surface area contributed by atoms with Gasteiger partial charge in [-0.05, 0) is 12.1 Å². The lowest BCUT2D eigenvalue weighted by molar-refractivity contribution is 0.282. The van der Waals surface area contributed by atoms with Crippen LogP contribution in [0.4, 0.5) is 0 Å². The standard InChI is InChI=1S/C12H17NO.C2H6/c1-2-13-9-3-4-11-5-7-12(10-14)8-6-11;1-2/h3-8,13-14H,2,9-10H2,1H3;1-2H3/p+1/b4-3+;. The van der Waals surface area contributed by atoms with E-state index < -0.39 is 0 Å². The predicted molar refractivity (Wildman–Crippen MR) is 72.7 cm³/mol. The molecule has 0 unspecified atom stereocenters. The van der Waals surface area contributed by atoms with E-state index in [1.54, 1.807) is 0 Å². The van der Waals surface area contributed by atoms with Crippen molar-refractivity contribution in [3.05, 3.63) is 41.5 Å². The molecule has 0 aliphatic rings. The van der Waals surface area contributed by atoms with E-state index in [0.29, 0.717) is 6.61 Å². The highest BCUT2D eigenvalue weighted by molar-refractivity contribution is 5.49. The van der Waals surface area contributed by atoms with E-state index in [-0.39, 0.29) is 0 Å². The van der Waals surface area contributed by atoms with Crippen LogP contribution in [0.2, 0.25) is 0 Å². The fourth-order valence-electron chi connectivity index (χ4n) is 1.17. The Morgan fingerprint density at radius 3 is 2.31 bits per heavy atom. The molecule has 90 valence electrons. The summed E-state index contributed by atoms with van der Waals surface area (Å²) in [4.78, 5) is 0. The third kappa shape index (κ3) is 6.38. The SMILES string of the molecule is CC.CCNC/C=C/c1ccc(C[OH2+])cc1. The van der Waals surface area contributed by atoms with E-state index in [9.17, 15) is 0 Å². The van der Waals surface area contributed by atoms with Crippen LogP contribution in [0.3, 0.4) is 0 Å². The number of nitrogens with one attached hydrogen (secondary N) is 1. The Morgan fingerprint density at radius 1 is 1.19 bits per heavy atom. The third-order valence-electron chi connectivity index (χ3n) is 2.01. The molecule has 0 fully saturated rings. The first-order chi connectivity index (χ1) is 7.86. The summed E-state index contributed by atoms with van der Waals surface area (Å²) in [5.41, 5.74) is 2.26. The molecule has 0 aromatic heterocycles. The van der Waals surface area contributed by atoms with Gasteiger partial charge >= 0.3 is 0 Å². The summed E-state index contributed by atoms with van der Waals surface area (Å²) in [7, 11) is 0. The van der Waals surface area contributed by atoms with Gasteiger partial charge in [0.1, 0.15) is 0 Å². The van der Waals surface area contributed by atoms with Gasteiger partial charge in [0, 0.05) is 12.1 Å². The van der Waals surface area contributed by atoms with Crippen LogP contribution >= 0.6 is 0 Å². The smallest absolute Gasteiger partial charge is 0.169 e. The second kappa shape index (κ2) is 10.4. The van der Waals surface area contributed by atoms with Crippen LogP contribution in [0, 0.1) is 0 Å². The number of hydrogen-bond acceptors (Lipinski definition) is 1. The van der Waals surface area contributed by atoms with Crippen molar-refractivity contribution in [2.24, 2.45) is 0 Å². The van der Waals surface area contributed by atoms with Crippen molar-refractivity contribution in [3.8, 4) is 0 Å². The zero-order valence-corrected chi connectivity index (χ0v) is 10.6. The maximum atomic E-state index is 7.18. The van der Waals surface area contributed by atoms with E-state index >= 15 is 0 Å². The molecular formula is C14H24NO+. The predicted octanol–water partition coefficient (Wildman–Crippen LogP) is 2.56. The molecule has 2 heteroatoms. The van der Waals surface area contributed by atoms with Crippen molar-refractivity contribution in [1.82, 2.24) is 5.32 Å². The molecule has 2 nitrogen and oxygen atoms in total. The second-order valence-corrected chi connectivity index (χ2v) is 3.13. The molecule has 0 atom stereocenters. The molecule has 0 bridgehead atoms. The van der Waals surface area contributed by atoms with Gasteiger partial charge in [-0.25, -0.2) is 0 Å². The Kier molecular flexibility index (Phi) is 9.67. The van der Waals surface area contributed by atoms with Crippen LogP contribution < -0.4 is 5.32 Å². The summed E-state index contributed by atoms with van der Waals surface area (Å²) in [5, 5.41) is 10.4. The minimum atomic E-state index is 0.362. The first-order valence-corrected chi connectivity index (χ1v) is 5.97. The fraction of sp³-hybridized carbons (Fsp3) is 0.429. The van der Waals surface area contributed by atoms with Gasteiger partial charge < -0.3 is 10.4 Å². The molecule has 16 heavy (non-hydrogen) atoms. The largest absolute Gasteiger partial charge is 0.442 e. The van der Waals surface area contributed by atoms with E-state index in [4.69, 9.17) is 5.11 Å². The highest BCUT2D eigenvalue weighted by Gasteiger charge is 1.91. The van der Waals surface area contributed by atoms with Crippen LogP contribution in [-0.2, 0) is 6.61 Å². The first kappa shape index (κ1) is 14.9. The van der Waals surface area contributed by atoms with Crippen LogP contribution in [0.5, 0.6) is 0 Å². The van der Waals surface area contributed by atoms with Gasteiger partial charge in [0.05, 0.1) is 0 Å². The van der Waals surface area contributed by atoms with Crippen LogP contribution in [0.25, 0.3) is 6.08 Å². The Hall–Kier alpha value is -1.12. The summed E-state index contributed by atoms with van der Waals surface area (Å²) in [6, 6.07) is 8.10. The highest BCUT2D eigenvalue weighted by Crippen LogP contribution is 2.05. The van der Waals surface area contributed by atoms with E-state index in [0.717, 1.165) is 18.7 Å². The lowest BCUT2D eigenvalue weighted by Crippen LogP contribution is -2.11. The van der Waals surface area contributed by atoms with Crippen LogP contribution in [0.15, 0.2) is 30.3 Å². The van der Waals surface area contributed by atoms with Crippen molar-refractivity contribution in [3.63, 3.8) is 0 Å². The zero-order chi connectivity index (χ0) is 12.2. The lowest BCUT2D eigenvalue weighted by Gasteiger charge is -1.96. The summed E-state index contributed by atoms with van der Waals surface area (Å²) < 4.78 is 0. The molecule has 0 radical (unpaired) electrons. The number of hydrogen-bond donors (Lipinski definition) is 1. The van der Waals surface area contributed by atoms with Crippen molar-refractivity contribution in [2.75, 3.05) is 13.1 Å². The quantitative estimate of drug-likeness (QED) is 0.603. The second-order valence-electron chi connectivity index (χ2n) is 3.13. The Bertz CT molecular complexity index is 277.